The van der Waals surface area contributed by atoms with Crippen molar-refractivity contribution in [2.75, 3.05) is 19.8 Å². The molecular weight excluding hydrogens is 224 g/mol. The third kappa shape index (κ3) is 6.32. The molecule has 1 saturated heterocycles. The van der Waals surface area contributed by atoms with E-state index in [4.69, 9.17) is 4.74 Å². The highest BCUT2D eigenvalue weighted by molar-refractivity contribution is 4.69. The molecule has 0 bridgehead atoms. The highest BCUT2D eigenvalue weighted by atomic mass is 19.3. The van der Waals surface area contributed by atoms with E-state index in [2.05, 4.69) is 5.32 Å². The van der Waals surface area contributed by atoms with Crippen LogP contribution in [0.2, 0.25) is 0 Å². The van der Waals surface area contributed by atoms with Crippen LogP contribution >= 0.6 is 0 Å². The van der Waals surface area contributed by atoms with Gasteiger partial charge >= 0.3 is 0 Å². The second kappa shape index (κ2) is 8.81. The quantitative estimate of drug-likeness (QED) is 0.667. The number of unbranched alkanes of at least 4 members (excludes halogenated alkanes) is 1. The second-order valence-electron chi connectivity index (χ2n) is 4.84. The fraction of sp³-hybridized carbons (Fsp3) is 1.00. The molecule has 2 nitrogen and oxygen atoms in total. The summed E-state index contributed by atoms with van der Waals surface area (Å²) in [6.07, 6.45) is 3.79. The molecule has 1 fully saturated rings. The minimum absolute atomic E-state index is 0.592. The number of alkyl halides is 2. The van der Waals surface area contributed by atoms with Crippen molar-refractivity contribution in [3.8, 4) is 0 Å². The van der Waals surface area contributed by atoms with Gasteiger partial charge in [-0.25, -0.2) is 8.78 Å². The normalized spacial score (nSPS) is 19.8. The van der Waals surface area contributed by atoms with Crippen LogP contribution in [0, 0.1) is 5.92 Å². The number of hydrogen-bond acceptors (Lipinski definition) is 2. The zero-order valence-electron chi connectivity index (χ0n) is 10.8. The van der Waals surface area contributed by atoms with Crippen molar-refractivity contribution in [1.82, 2.24) is 5.32 Å². The average molecular weight is 249 g/mol. The van der Waals surface area contributed by atoms with Gasteiger partial charge in [-0.2, -0.15) is 0 Å². The van der Waals surface area contributed by atoms with E-state index in [1.54, 1.807) is 0 Å². The standard InChI is InChI=1S/C13H25F2NO/c1-2-16-12(13(14)15)6-4-3-5-11-7-9-17-10-8-11/h11-13,16H,2-10H2,1H3. The van der Waals surface area contributed by atoms with Gasteiger partial charge in [0.2, 0.25) is 0 Å². The maximum Gasteiger partial charge on any atom is 0.253 e. The Bertz CT molecular complexity index is 184. The van der Waals surface area contributed by atoms with Crippen LogP contribution in [0.4, 0.5) is 8.78 Å². The Labute approximate surface area is 103 Å². The van der Waals surface area contributed by atoms with Gasteiger partial charge in [-0.3, -0.25) is 0 Å². The van der Waals surface area contributed by atoms with E-state index in [1.165, 1.54) is 6.42 Å². The molecule has 1 aliphatic heterocycles. The second-order valence-corrected chi connectivity index (χ2v) is 4.84. The van der Waals surface area contributed by atoms with E-state index in [-0.39, 0.29) is 0 Å². The lowest BCUT2D eigenvalue weighted by Gasteiger charge is -2.22. The summed E-state index contributed by atoms with van der Waals surface area (Å²) >= 11 is 0. The first-order valence-corrected chi connectivity index (χ1v) is 6.83. The van der Waals surface area contributed by atoms with Gasteiger partial charge in [0.05, 0.1) is 6.04 Å². The Morgan fingerprint density at radius 3 is 2.53 bits per heavy atom. The maximum atomic E-state index is 12.6. The number of halogens is 2. The van der Waals surface area contributed by atoms with Crippen LogP contribution in [0.25, 0.3) is 0 Å². The molecule has 1 rings (SSSR count). The lowest BCUT2D eigenvalue weighted by Crippen LogP contribution is -2.35. The zero-order chi connectivity index (χ0) is 12.5. The number of ether oxygens (including phenoxy) is 1. The minimum Gasteiger partial charge on any atom is -0.381 e. The highest BCUT2D eigenvalue weighted by Gasteiger charge is 2.19. The first kappa shape index (κ1) is 14.8. The fourth-order valence-electron chi connectivity index (χ4n) is 2.41. The number of rotatable bonds is 8. The third-order valence-electron chi connectivity index (χ3n) is 3.49. The zero-order valence-corrected chi connectivity index (χ0v) is 10.8. The van der Waals surface area contributed by atoms with Gasteiger partial charge in [-0.05, 0) is 31.7 Å². The molecule has 0 aromatic heterocycles. The number of nitrogens with one attached hydrogen (secondary N) is 1. The summed E-state index contributed by atoms with van der Waals surface area (Å²) in [6, 6.07) is -0.616. The van der Waals surface area contributed by atoms with Crippen LogP contribution in [-0.4, -0.2) is 32.2 Å². The van der Waals surface area contributed by atoms with Gasteiger partial charge < -0.3 is 10.1 Å². The molecular formula is C13H25F2NO. The molecule has 0 aromatic carbocycles. The molecule has 17 heavy (non-hydrogen) atoms. The summed E-state index contributed by atoms with van der Waals surface area (Å²) < 4.78 is 30.5. The molecule has 0 aliphatic carbocycles. The van der Waals surface area contributed by atoms with Crippen molar-refractivity contribution >= 4 is 0 Å². The predicted octanol–water partition coefficient (Wildman–Crippen LogP) is 3.22. The Hall–Kier alpha value is -0.220. The Morgan fingerprint density at radius 1 is 1.24 bits per heavy atom. The summed E-state index contributed by atoms with van der Waals surface area (Å²) in [7, 11) is 0. The van der Waals surface area contributed by atoms with Crippen molar-refractivity contribution in [3.05, 3.63) is 0 Å². The third-order valence-corrected chi connectivity index (χ3v) is 3.49. The average Bonchev–Trinajstić information content (AvgIpc) is 2.34. The molecule has 0 aromatic rings. The van der Waals surface area contributed by atoms with Crippen LogP contribution in [0.3, 0.4) is 0 Å². The van der Waals surface area contributed by atoms with Gasteiger partial charge in [0, 0.05) is 13.2 Å². The first-order chi connectivity index (χ1) is 8.24. The lowest BCUT2D eigenvalue weighted by molar-refractivity contribution is 0.0623. The molecule has 1 aliphatic rings. The SMILES string of the molecule is CCNC(CCCCC1CCOCC1)C(F)F. The van der Waals surface area contributed by atoms with Gasteiger partial charge in [-0.1, -0.05) is 26.2 Å². The van der Waals surface area contributed by atoms with Gasteiger partial charge in [-0.15, -0.1) is 0 Å². The smallest absolute Gasteiger partial charge is 0.253 e. The lowest BCUT2D eigenvalue weighted by atomic mass is 9.93. The van der Waals surface area contributed by atoms with Crippen molar-refractivity contribution < 1.29 is 13.5 Å². The van der Waals surface area contributed by atoms with Gasteiger partial charge in [0.25, 0.3) is 6.43 Å². The first-order valence-electron chi connectivity index (χ1n) is 6.83. The topological polar surface area (TPSA) is 21.3 Å². The molecule has 1 N–H and O–H groups in total. The summed E-state index contributed by atoms with van der Waals surface area (Å²) in [4.78, 5) is 0. The van der Waals surface area contributed by atoms with Crippen LogP contribution in [0.15, 0.2) is 0 Å². The van der Waals surface area contributed by atoms with E-state index in [9.17, 15) is 8.78 Å². The Balaban J connectivity index is 2.04. The fourth-order valence-corrected chi connectivity index (χ4v) is 2.41. The van der Waals surface area contributed by atoms with Crippen LogP contribution in [0.5, 0.6) is 0 Å². The molecule has 0 radical (unpaired) electrons. The maximum absolute atomic E-state index is 12.6. The van der Waals surface area contributed by atoms with E-state index in [0.29, 0.717) is 13.0 Å². The predicted molar refractivity (Wildman–Crippen MR) is 65.5 cm³/mol. The van der Waals surface area contributed by atoms with E-state index in [1.807, 2.05) is 6.92 Å². The van der Waals surface area contributed by atoms with Crippen LogP contribution in [0.1, 0.15) is 45.4 Å². The molecule has 1 heterocycles. The molecule has 4 heteroatoms. The van der Waals surface area contributed by atoms with Gasteiger partial charge in [0.1, 0.15) is 0 Å². The minimum atomic E-state index is -2.24. The van der Waals surface area contributed by atoms with Crippen LogP contribution in [-0.2, 0) is 4.74 Å². The molecule has 102 valence electrons. The Kier molecular flexibility index (Phi) is 7.69. The number of hydrogen-bond donors (Lipinski definition) is 1. The van der Waals surface area contributed by atoms with Crippen LogP contribution < -0.4 is 5.32 Å². The molecule has 0 amide bonds. The molecule has 0 saturated carbocycles. The van der Waals surface area contributed by atoms with Crippen molar-refractivity contribution in [2.24, 2.45) is 5.92 Å². The monoisotopic (exact) mass is 249 g/mol. The summed E-state index contributed by atoms with van der Waals surface area (Å²) in [5, 5.41) is 2.85. The van der Waals surface area contributed by atoms with E-state index in [0.717, 1.165) is 44.8 Å². The highest BCUT2D eigenvalue weighted by Crippen LogP contribution is 2.22. The van der Waals surface area contributed by atoms with Gasteiger partial charge in [0.15, 0.2) is 0 Å². The largest absolute Gasteiger partial charge is 0.381 e. The van der Waals surface area contributed by atoms with E-state index >= 15 is 0 Å². The molecule has 1 atom stereocenters. The summed E-state index contributed by atoms with van der Waals surface area (Å²) in [6.45, 7) is 4.25. The van der Waals surface area contributed by atoms with Crippen molar-refractivity contribution in [1.29, 1.82) is 0 Å². The molecule has 0 spiro atoms. The molecule has 1 unspecified atom stereocenters. The summed E-state index contributed by atoms with van der Waals surface area (Å²) in [5.41, 5.74) is 0. The van der Waals surface area contributed by atoms with Crippen molar-refractivity contribution in [3.63, 3.8) is 0 Å². The Morgan fingerprint density at radius 2 is 1.94 bits per heavy atom. The summed E-state index contributed by atoms with van der Waals surface area (Å²) in [5.74, 6) is 0.757. The van der Waals surface area contributed by atoms with E-state index < -0.39 is 12.5 Å². The van der Waals surface area contributed by atoms with Crippen molar-refractivity contribution in [2.45, 2.75) is 57.9 Å².